The number of ether oxygens (including phenoxy) is 1. The molecule has 3 rings (SSSR count). The molecule has 0 radical (unpaired) electrons. The minimum atomic E-state index is -3.63. The molecule has 0 spiro atoms. The maximum Gasteiger partial charge on any atom is 0.251 e. The van der Waals surface area contributed by atoms with Crippen LogP contribution in [-0.4, -0.2) is 39.3 Å². The molecular formula is C24H26N2O4S. The molecule has 1 N–H and O–H groups in total. The molecule has 162 valence electrons. The molecule has 31 heavy (non-hydrogen) atoms. The maximum absolute atomic E-state index is 12.8. The fourth-order valence-electron chi connectivity index (χ4n) is 3.10. The van der Waals surface area contributed by atoms with Crippen molar-refractivity contribution in [3.8, 4) is 5.75 Å². The van der Waals surface area contributed by atoms with Gasteiger partial charge < -0.3 is 10.1 Å². The van der Waals surface area contributed by atoms with Crippen LogP contribution in [-0.2, 0) is 23.0 Å². The Morgan fingerprint density at radius 1 is 0.903 bits per heavy atom. The first kappa shape index (κ1) is 22.5. The van der Waals surface area contributed by atoms with Crippen LogP contribution in [0.1, 0.15) is 21.5 Å². The average Bonchev–Trinajstić information content (AvgIpc) is 2.80. The number of carbonyl (C=O) groups excluding carboxylic acids is 1. The molecule has 7 heteroatoms. The van der Waals surface area contributed by atoms with Gasteiger partial charge in [-0.25, -0.2) is 8.42 Å². The lowest BCUT2D eigenvalue weighted by molar-refractivity contribution is 0.0954. The zero-order valence-corrected chi connectivity index (χ0v) is 18.4. The molecule has 0 fully saturated rings. The van der Waals surface area contributed by atoms with Gasteiger partial charge in [-0.05, 0) is 53.9 Å². The van der Waals surface area contributed by atoms with Gasteiger partial charge in [0, 0.05) is 25.7 Å². The smallest absolute Gasteiger partial charge is 0.251 e. The number of nitrogens with zero attached hydrogens (tertiary/aromatic N) is 1. The summed E-state index contributed by atoms with van der Waals surface area (Å²) in [5.41, 5.74) is 2.50. The lowest BCUT2D eigenvalue weighted by atomic mass is 10.1. The predicted molar refractivity (Wildman–Crippen MR) is 121 cm³/mol. The van der Waals surface area contributed by atoms with E-state index in [1.807, 2.05) is 30.3 Å². The summed E-state index contributed by atoms with van der Waals surface area (Å²) < 4.78 is 31.9. The molecular weight excluding hydrogens is 412 g/mol. The summed E-state index contributed by atoms with van der Waals surface area (Å²) >= 11 is 0. The van der Waals surface area contributed by atoms with E-state index < -0.39 is 10.0 Å². The van der Waals surface area contributed by atoms with Crippen LogP contribution in [0.4, 0.5) is 0 Å². The number of carbonyl (C=O) groups is 1. The second kappa shape index (κ2) is 10.2. The molecule has 0 heterocycles. The largest absolute Gasteiger partial charge is 0.497 e. The van der Waals surface area contributed by atoms with Crippen molar-refractivity contribution in [3.05, 3.63) is 95.6 Å². The molecule has 6 nitrogen and oxygen atoms in total. The van der Waals surface area contributed by atoms with Gasteiger partial charge in [-0.1, -0.05) is 42.5 Å². The van der Waals surface area contributed by atoms with Crippen molar-refractivity contribution in [2.24, 2.45) is 0 Å². The fraction of sp³-hybridized carbons (Fsp3) is 0.208. The van der Waals surface area contributed by atoms with Crippen molar-refractivity contribution in [2.75, 3.05) is 20.7 Å². The van der Waals surface area contributed by atoms with Crippen LogP contribution in [0.3, 0.4) is 0 Å². The van der Waals surface area contributed by atoms with Crippen LogP contribution in [0.25, 0.3) is 0 Å². The maximum atomic E-state index is 12.8. The van der Waals surface area contributed by atoms with E-state index in [0.29, 0.717) is 17.9 Å². The molecule has 0 aliphatic heterocycles. The molecule has 0 atom stereocenters. The third-order valence-corrected chi connectivity index (χ3v) is 6.75. The minimum Gasteiger partial charge on any atom is -0.497 e. The lowest BCUT2D eigenvalue weighted by Gasteiger charge is -2.17. The van der Waals surface area contributed by atoms with Crippen LogP contribution in [0.2, 0.25) is 0 Å². The third-order valence-electron chi connectivity index (χ3n) is 4.93. The summed E-state index contributed by atoms with van der Waals surface area (Å²) in [5, 5.41) is 2.91. The highest BCUT2D eigenvalue weighted by Crippen LogP contribution is 2.20. The Balaban J connectivity index is 1.57. The van der Waals surface area contributed by atoms with E-state index >= 15 is 0 Å². The second-order valence-electron chi connectivity index (χ2n) is 7.13. The van der Waals surface area contributed by atoms with Gasteiger partial charge in [0.1, 0.15) is 5.75 Å². The van der Waals surface area contributed by atoms with Crippen molar-refractivity contribution < 1.29 is 17.9 Å². The normalized spacial score (nSPS) is 11.3. The first-order valence-corrected chi connectivity index (χ1v) is 11.4. The summed E-state index contributed by atoms with van der Waals surface area (Å²) in [6, 6.07) is 23.2. The Morgan fingerprint density at radius 3 is 2.16 bits per heavy atom. The molecule has 0 aliphatic rings. The summed E-state index contributed by atoms with van der Waals surface area (Å²) in [6.07, 6.45) is 0.763. The van der Waals surface area contributed by atoms with E-state index in [9.17, 15) is 13.2 Å². The number of hydrogen-bond acceptors (Lipinski definition) is 4. The Labute approximate surface area is 183 Å². The molecule has 0 saturated heterocycles. The van der Waals surface area contributed by atoms with Gasteiger partial charge in [0.2, 0.25) is 10.0 Å². The SMILES string of the molecule is COc1ccc(S(=O)(=O)N(C)Cc2ccc(C(=O)NCCc3ccccc3)cc2)cc1. The third kappa shape index (κ3) is 5.93. The van der Waals surface area contributed by atoms with Crippen LogP contribution in [0, 0.1) is 0 Å². The first-order valence-electron chi connectivity index (χ1n) is 9.91. The highest BCUT2D eigenvalue weighted by Gasteiger charge is 2.21. The highest BCUT2D eigenvalue weighted by molar-refractivity contribution is 7.89. The van der Waals surface area contributed by atoms with E-state index in [2.05, 4.69) is 5.32 Å². The summed E-state index contributed by atoms with van der Waals surface area (Å²) in [7, 11) is -0.566. The standard InChI is InChI=1S/C24H26N2O4S/c1-26(31(28,29)23-14-12-22(30-2)13-15-23)18-20-8-10-21(11-9-20)24(27)25-17-16-19-6-4-3-5-7-19/h3-15H,16-18H2,1-2H3,(H,25,27). The molecule has 0 bridgehead atoms. The molecule has 0 unspecified atom stereocenters. The van der Waals surface area contributed by atoms with E-state index in [1.165, 1.54) is 36.2 Å². The van der Waals surface area contributed by atoms with Crippen LogP contribution < -0.4 is 10.1 Å². The number of benzene rings is 3. The quantitative estimate of drug-likeness (QED) is 0.555. The second-order valence-corrected chi connectivity index (χ2v) is 9.17. The van der Waals surface area contributed by atoms with Crippen molar-refractivity contribution in [2.45, 2.75) is 17.9 Å². The highest BCUT2D eigenvalue weighted by atomic mass is 32.2. The summed E-state index contributed by atoms with van der Waals surface area (Å²) in [6.45, 7) is 0.748. The van der Waals surface area contributed by atoms with E-state index in [1.54, 1.807) is 36.4 Å². The van der Waals surface area contributed by atoms with Gasteiger partial charge in [-0.3, -0.25) is 4.79 Å². The van der Waals surface area contributed by atoms with E-state index in [4.69, 9.17) is 4.74 Å². The molecule has 3 aromatic carbocycles. The fourth-order valence-corrected chi connectivity index (χ4v) is 4.26. The first-order chi connectivity index (χ1) is 14.9. The Hall–Kier alpha value is -3.16. The van der Waals surface area contributed by atoms with Gasteiger partial charge in [-0.15, -0.1) is 0 Å². The number of rotatable bonds is 9. The Kier molecular flexibility index (Phi) is 7.44. The van der Waals surface area contributed by atoms with Gasteiger partial charge in [0.15, 0.2) is 0 Å². The number of methoxy groups -OCH3 is 1. The predicted octanol–water partition coefficient (Wildman–Crippen LogP) is 3.49. The van der Waals surface area contributed by atoms with Crippen molar-refractivity contribution in [3.63, 3.8) is 0 Å². The molecule has 3 aromatic rings. The molecule has 0 aliphatic carbocycles. The van der Waals surface area contributed by atoms with Crippen LogP contribution in [0.15, 0.2) is 83.8 Å². The van der Waals surface area contributed by atoms with Crippen molar-refractivity contribution >= 4 is 15.9 Å². The van der Waals surface area contributed by atoms with E-state index in [-0.39, 0.29) is 17.3 Å². The van der Waals surface area contributed by atoms with Crippen LogP contribution in [0.5, 0.6) is 5.75 Å². The summed E-state index contributed by atoms with van der Waals surface area (Å²) in [4.78, 5) is 12.5. The molecule has 1 amide bonds. The summed E-state index contributed by atoms with van der Waals surface area (Å²) in [5.74, 6) is 0.445. The Bertz CT molecular complexity index is 1100. The van der Waals surface area contributed by atoms with Crippen molar-refractivity contribution in [1.29, 1.82) is 0 Å². The number of amides is 1. The average molecular weight is 439 g/mol. The molecule has 0 saturated carbocycles. The molecule has 0 aromatic heterocycles. The van der Waals surface area contributed by atoms with E-state index in [0.717, 1.165) is 12.0 Å². The van der Waals surface area contributed by atoms with Gasteiger partial charge >= 0.3 is 0 Å². The zero-order valence-electron chi connectivity index (χ0n) is 17.6. The van der Waals surface area contributed by atoms with Gasteiger partial charge in [0.05, 0.1) is 12.0 Å². The zero-order chi connectivity index (χ0) is 22.3. The van der Waals surface area contributed by atoms with Gasteiger partial charge in [0.25, 0.3) is 5.91 Å². The topological polar surface area (TPSA) is 75.7 Å². The monoisotopic (exact) mass is 438 g/mol. The van der Waals surface area contributed by atoms with Gasteiger partial charge in [-0.2, -0.15) is 4.31 Å². The number of nitrogens with one attached hydrogen (secondary N) is 1. The number of hydrogen-bond donors (Lipinski definition) is 1. The Morgan fingerprint density at radius 2 is 1.55 bits per heavy atom. The van der Waals surface area contributed by atoms with Crippen LogP contribution >= 0.6 is 0 Å². The minimum absolute atomic E-state index is 0.151. The lowest BCUT2D eigenvalue weighted by Crippen LogP contribution is -2.27. The number of sulfonamides is 1. The van der Waals surface area contributed by atoms with Crippen molar-refractivity contribution in [1.82, 2.24) is 9.62 Å².